The molecule has 0 fully saturated rings. The molecule has 0 atom stereocenters. The molecular weight excluding hydrogens is 345 g/mol. The van der Waals surface area contributed by atoms with Gasteiger partial charge in [0, 0.05) is 9.81 Å². The molecule has 0 heterocycles. The standard InChI is InChI=1S/C10H18S7/c1-7(12-3)9(13-4)16-17-10(14-5,15-6)8(2)11/h11H,2H2,1,3-6H3. The van der Waals surface area contributed by atoms with Crippen LogP contribution in [-0.4, -0.2) is 28.4 Å². The number of thioether (sulfide) groups is 4. The summed E-state index contributed by atoms with van der Waals surface area (Å²) in [6, 6.07) is 0. The molecule has 0 rings (SSSR count). The molecule has 0 bridgehead atoms. The lowest BCUT2D eigenvalue weighted by atomic mass is 10.7. The van der Waals surface area contributed by atoms with E-state index in [1.54, 1.807) is 47.0 Å². The first-order valence-electron chi connectivity index (χ1n) is 4.60. The Hall–Kier alpha value is 1.93. The number of thiol groups is 1. The van der Waals surface area contributed by atoms with E-state index in [-0.39, 0.29) is 3.41 Å². The Morgan fingerprint density at radius 2 is 1.59 bits per heavy atom. The predicted molar refractivity (Wildman–Crippen MR) is 103 cm³/mol. The third kappa shape index (κ3) is 5.83. The molecule has 17 heavy (non-hydrogen) atoms. The van der Waals surface area contributed by atoms with Crippen molar-refractivity contribution in [1.29, 1.82) is 0 Å². The number of hydrogen-bond donors (Lipinski definition) is 1. The van der Waals surface area contributed by atoms with Crippen molar-refractivity contribution in [2.75, 3.05) is 25.0 Å². The number of hydrogen-bond acceptors (Lipinski definition) is 7. The molecular formula is C10H18S7. The highest BCUT2D eigenvalue weighted by Crippen LogP contribution is 2.58. The normalized spacial score (nSPS) is 13.5. The zero-order valence-corrected chi connectivity index (χ0v) is 16.4. The second-order valence-electron chi connectivity index (χ2n) is 2.83. The first-order valence-corrected chi connectivity index (χ1v) is 12.1. The lowest BCUT2D eigenvalue weighted by Gasteiger charge is -2.28. The largest absolute Gasteiger partial charge is 0.147 e. The number of allylic oxidation sites excluding steroid dienone is 1. The first kappa shape index (κ1) is 18.9. The van der Waals surface area contributed by atoms with E-state index < -0.39 is 0 Å². The van der Waals surface area contributed by atoms with Gasteiger partial charge in [-0.3, -0.25) is 0 Å². The van der Waals surface area contributed by atoms with Crippen LogP contribution in [0.1, 0.15) is 6.92 Å². The minimum absolute atomic E-state index is 0.0759. The van der Waals surface area contributed by atoms with Gasteiger partial charge in [0.2, 0.25) is 0 Å². The SMILES string of the molecule is C=C(S)C(SC)(SC)SSC(SC)=C(C)SC. The summed E-state index contributed by atoms with van der Waals surface area (Å²) in [5.74, 6) is 0. The van der Waals surface area contributed by atoms with Crippen LogP contribution >= 0.6 is 81.3 Å². The van der Waals surface area contributed by atoms with Gasteiger partial charge in [0.15, 0.2) is 0 Å². The van der Waals surface area contributed by atoms with Crippen LogP contribution in [0.2, 0.25) is 0 Å². The topological polar surface area (TPSA) is 0 Å². The van der Waals surface area contributed by atoms with Crippen molar-refractivity contribution in [3.05, 3.63) is 20.6 Å². The van der Waals surface area contributed by atoms with E-state index in [4.69, 9.17) is 0 Å². The molecule has 0 aliphatic rings. The molecule has 0 aliphatic heterocycles. The van der Waals surface area contributed by atoms with Crippen LogP contribution in [0.5, 0.6) is 0 Å². The van der Waals surface area contributed by atoms with Crippen LogP contribution in [0.25, 0.3) is 0 Å². The third-order valence-corrected chi connectivity index (χ3v) is 12.7. The Balaban J connectivity index is 4.77. The second-order valence-corrected chi connectivity index (χ2v) is 10.6. The fraction of sp³-hybridized carbons (Fsp3) is 0.600. The van der Waals surface area contributed by atoms with Gasteiger partial charge in [-0.2, -0.15) is 0 Å². The summed E-state index contributed by atoms with van der Waals surface area (Å²) in [6.07, 6.45) is 8.45. The quantitative estimate of drug-likeness (QED) is 0.312. The Morgan fingerprint density at radius 3 is 1.88 bits per heavy atom. The fourth-order valence-electron chi connectivity index (χ4n) is 0.848. The van der Waals surface area contributed by atoms with Gasteiger partial charge in [0.25, 0.3) is 0 Å². The van der Waals surface area contributed by atoms with Crippen LogP contribution < -0.4 is 0 Å². The zero-order valence-electron chi connectivity index (χ0n) is 10.6. The molecule has 0 aromatic rings. The van der Waals surface area contributed by atoms with Crippen molar-refractivity contribution in [2.45, 2.75) is 10.3 Å². The summed E-state index contributed by atoms with van der Waals surface area (Å²) >= 11 is 11.6. The lowest BCUT2D eigenvalue weighted by molar-refractivity contribution is 1.54. The van der Waals surface area contributed by atoms with Gasteiger partial charge in [-0.05, 0) is 42.7 Å². The lowest BCUT2D eigenvalue weighted by Crippen LogP contribution is -2.12. The van der Waals surface area contributed by atoms with Crippen molar-refractivity contribution in [3.63, 3.8) is 0 Å². The van der Waals surface area contributed by atoms with E-state index >= 15 is 0 Å². The maximum Gasteiger partial charge on any atom is 0.147 e. The molecule has 0 nitrogen and oxygen atoms in total. The average Bonchev–Trinajstić information content (AvgIpc) is 2.34. The second kappa shape index (κ2) is 9.77. The summed E-state index contributed by atoms with van der Waals surface area (Å²) in [5.41, 5.74) is 0. The van der Waals surface area contributed by atoms with Crippen LogP contribution in [0, 0.1) is 0 Å². The fourth-order valence-corrected chi connectivity index (χ4v) is 9.55. The highest BCUT2D eigenvalue weighted by molar-refractivity contribution is 8.84. The first-order chi connectivity index (χ1) is 7.97. The van der Waals surface area contributed by atoms with Gasteiger partial charge in [-0.1, -0.05) is 17.4 Å². The molecule has 7 heteroatoms. The van der Waals surface area contributed by atoms with E-state index in [0.29, 0.717) is 0 Å². The third-order valence-electron chi connectivity index (χ3n) is 1.90. The summed E-state index contributed by atoms with van der Waals surface area (Å²) in [4.78, 5) is 2.29. The van der Waals surface area contributed by atoms with Crippen molar-refractivity contribution >= 4 is 81.3 Å². The summed E-state index contributed by atoms with van der Waals surface area (Å²) in [6.45, 7) is 6.16. The van der Waals surface area contributed by atoms with Crippen LogP contribution in [-0.2, 0) is 0 Å². The van der Waals surface area contributed by atoms with E-state index in [9.17, 15) is 0 Å². The highest BCUT2D eigenvalue weighted by Gasteiger charge is 2.32. The smallest absolute Gasteiger partial charge is 0.145 e. The average molecular weight is 363 g/mol. The van der Waals surface area contributed by atoms with Crippen molar-refractivity contribution in [3.8, 4) is 0 Å². The maximum absolute atomic E-state index is 4.45. The van der Waals surface area contributed by atoms with Gasteiger partial charge < -0.3 is 0 Å². The molecule has 0 radical (unpaired) electrons. The summed E-state index contributed by atoms with van der Waals surface area (Å²) < 4.78 is 1.29. The molecule has 100 valence electrons. The molecule has 0 aromatic heterocycles. The van der Waals surface area contributed by atoms with Gasteiger partial charge in [0.1, 0.15) is 3.41 Å². The Morgan fingerprint density at radius 1 is 1.06 bits per heavy atom. The molecule has 0 aliphatic carbocycles. The van der Waals surface area contributed by atoms with Crippen molar-refractivity contribution in [2.24, 2.45) is 0 Å². The Bertz CT molecular complexity index is 280. The Kier molecular flexibility index (Phi) is 10.9. The van der Waals surface area contributed by atoms with Gasteiger partial charge in [-0.25, -0.2) is 0 Å². The summed E-state index contributed by atoms with van der Waals surface area (Å²) in [7, 11) is 3.65. The molecule has 0 saturated carbocycles. The highest BCUT2D eigenvalue weighted by atomic mass is 33.1. The van der Waals surface area contributed by atoms with E-state index in [0.717, 1.165) is 4.91 Å². The van der Waals surface area contributed by atoms with Crippen molar-refractivity contribution < 1.29 is 0 Å². The maximum atomic E-state index is 4.45. The Labute approximate surface area is 136 Å². The van der Waals surface area contributed by atoms with E-state index in [1.165, 1.54) is 9.14 Å². The molecule has 0 aromatic carbocycles. The predicted octanol–water partition coefficient (Wildman–Crippen LogP) is 6.11. The van der Waals surface area contributed by atoms with Crippen LogP contribution in [0.15, 0.2) is 20.6 Å². The molecule has 0 unspecified atom stereocenters. The summed E-state index contributed by atoms with van der Waals surface area (Å²) in [5, 5.41) is 0. The molecule has 0 spiro atoms. The van der Waals surface area contributed by atoms with E-state index in [2.05, 4.69) is 51.2 Å². The van der Waals surface area contributed by atoms with Crippen LogP contribution in [0.4, 0.5) is 0 Å². The van der Waals surface area contributed by atoms with Crippen molar-refractivity contribution in [1.82, 2.24) is 0 Å². The van der Waals surface area contributed by atoms with E-state index in [1.807, 2.05) is 21.6 Å². The number of rotatable bonds is 8. The molecule has 0 amide bonds. The van der Waals surface area contributed by atoms with Gasteiger partial charge in [0.05, 0.1) is 4.24 Å². The molecule has 0 saturated heterocycles. The zero-order chi connectivity index (χ0) is 13.5. The molecule has 0 N–H and O–H groups in total. The minimum atomic E-state index is -0.0759. The van der Waals surface area contributed by atoms with Gasteiger partial charge in [-0.15, -0.1) is 59.7 Å². The van der Waals surface area contributed by atoms with Crippen LogP contribution in [0.3, 0.4) is 0 Å². The monoisotopic (exact) mass is 362 g/mol. The minimum Gasteiger partial charge on any atom is -0.145 e. The van der Waals surface area contributed by atoms with Gasteiger partial charge >= 0.3 is 0 Å².